The number of hydrogen-bond donors (Lipinski definition) is 2. The molecule has 2 N–H and O–H groups in total. The lowest BCUT2D eigenvalue weighted by Crippen LogP contribution is -2.43. The van der Waals surface area contributed by atoms with Crippen LogP contribution in [0, 0.1) is 0 Å². The van der Waals surface area contributed by atoms with Gasteiger partial charge in [0.1, 0.15) is 4.83 Å². The highest BCUT2D eigenvalue weighted by Crippen LogP contribution is 2.25. The molecule has 1 aliphatic heterocycles. The van der Waals surface area contributed by atoms with Crippen LogP contribution in [0.1, 0.15) is 30.2 Å². The van der Waals surface area contributed by atoms with E-state index < -0.39 is 6.10 Å². The molecule has 0 bridgehead atoms. The van der Waals surface area contributed by atoms with Gasteiger partial charge in [-0.05, 0) is 50.2 Å². The van der Waals surface area contributed by atoms with Crippen LogP contribution in [0.15, 0.2) is 47.5 Å². The van der Waals surface area contributed by atoms with Gasteiger partial charge < -0.3 is 20.1 Å². The van der Waals surface area contributed by atoms with Crippen LogP contribution >= 0.6 is 11.3 Å². The highest BCUT2D eigenvalue weighted by molar-refractivity contribution is 7.15. The number of nitrogens with zero attached hydrogens (tertiary/aromatic N) is 5. The predicted molar refractivity (Wildman–Crippen MR) is 131 cm³/mol. The molecule has 10 heteroatoms. The first-order valence-electron chi connectivity index (χ1n) is 11.3. The van der Waals surface area contributed by atoms with E-state index >= 15 is 0 Å². The van der Waals surface area contributed by atoms with Crippen LogP contribution in [0.25, 0.3) is 21.4 Å². The van der Waals surface area contributed by atoms with Crippen LogP contribution in [-0.2, 0) is 6.54 Å². The smallest absolute Gasteiger partial charge is 0.252 e. The summed E-state index contributed by atoms with van der Waals surface area (Å²) < 4.78 is 5.15. The number of β-amino-alcohol motifs (C(OH)–C–C–N with tert-alkyl or cyclic N) is 1. The number of aliphatic hydroxyl groups is 1. The fourth-order valence-corrected chi connectivity index (χ4v) is 4.99. The molecule has 1 saturated heterocycles. The van der Waals surface area contributed by atoms with Crippen molar-refractivity contribution in [3.63, 3.8) is 0 Å². The maximum absolute atomic E-state index is 11.6. The largest absolute Gasteiger partial charge is 0.481 e. The number of piperidine rings is 1. The first kappa shape index (κ1) is 22.7. The summed E-state index contributed by atoms with van der Waals surface area (Å²) >= 11 is 1.12. The molecule has 0 spiro atoms. The quantitative estimate of drug-likeness (QED) is 0.413. The number of fused-ring (bicyclic) bond motifs is 2. The first-order valence-corrected chi connectivity index (χ1v) is 12.1. The molecular weight excluding hydrogens is 452 g/mol. The van der Waals surface area contributed by atoms with Gasteiger partial charge in [0.15, 0.2) is 0 Å². The first-order chi connectivity index (χ1) is 16.6. The Hall–Kier alpha value is -3.05. The zero-order chi connectivity index (χ0) is 23.5. The molecule has 0 aromatic carbocycles. The number of ether oxygens (including phenoxy) is 1. The zero-order valence-electron chi connectivity index (χ0n) is 18.8. The Balaban J connectivity index is 1.16. The van der Waals surface area contributed by atoms with Crippen molar-refractivity contribution in [2.75, 3.05) is 26.7 Å². The van der Waals surface area contributed by atoms with Gasteiger partial charge in [-0.1, -0.05) is 11.3 Å². The van der Waals surface area contributed by atoms with Gasteiger partial charge in [-0.2, -0.15) is 0 Å². The normalized spacial score (nSPS) is 16.2. The molecular formula is C24H26N6O3S. The molecule has 5 heterocycles. The Labute approximate surface area is 200 Å². The van der Waals surface area contributed by atoms with Gasteiger partial charge >= 0.3 is 0 Å². The lowest BCUT2D eigenvalue weighted by molar-refractivity contribution is 0.0947. The zero-order valence-corrected chi connectivity index (χ0v) is 19.7. The molecule has 0 unspecified atom stereocenters. The number of pyridine rings is 3. The molecule has 176 valence electrons. The average Bonchev–Trinajstić information content (AvgIpc) is 2.87. The fraction of sp³-hybridized carbons (Fsp3) is 0.375. The van der Waals surface area contributed by atoms with E-state index in [-0.39, 0.29) is 4.74 Å². The number of rotatable bonds is 7. The molecule has 1 aliphatic rings. The molecule has 0 saturated carbocycles. The Morgan fingerprint density at radius 2 is 1.97 bits per heavy atom. The van der Waals surface area contributed by atoms with E-state index in [0.29, 0.717) is 35.4 Å². The number of likely N-dealkylation sites (tertiary alicyclic amines) is 1. The van der Waals surface area contributed by atoms with E-state index in [1.165, 1.54) is 6.20 Å². The second-order valence-corrected chi connectivity index (χ2v) is 9.39. The summed E-state index contributed by atoms with van der Waals surface area (Å²) in [5.74, 6) is 0.507. The molecule has 0 amide bonds. The summed E-state index contributed by atoms with van der Waals surface area (Å²) in [6, 6.07) is 9.70. The molecule has 9 nitrogen and oxygen atoms in total. The van der Waals surface area contributed by atoms with Crippen molar-refractivity contribution in [2.24, 2.45) is 0 Å². The van der Waals surface area contributed by atoms with Crippen LogP contribution < -0.4 is 14.8 Å². The number of aliphatic hydroxyl groups excluding tert-OH is 1. The average molecular weight is 479 g/mol. The second kappa shape index (κ2) is 10.1. The topological polar surface area (TPSA) is 113 Å². The molecule has 0 aliphatic carbocycles. The summed E-state index contributed by atoms with van der Waals surface area (Å²) in [7, 11) is 1.58. The van der Waals surface area contributed by atoms with Crippen molar-refractivity contribution in [1.29, 1.82) is 0 Å². The summed E-state index contributed by atoms with van der Waals surface area (Å²) in [5.41, 5.74) is 3.83. The highest BCUT2D eigenvalue weighted by atomic mass is 32.1. The Morgan fingerprint density at radius 3 is 2.79 bits per heavy atom. The highest BCUT2D eigenvalue weighted by Gasteiger charge is 2.23. The minimum atomic E-state index is -0.655. The maximum atomic E-state index is 11.6. The minimum Gasteiger partial charge on any atom is -0.481 e. The number of methoxy groups -OCH3 is 1. The van der Waals surface area contributed by atoms with Crippen molar-refractivity contribution in [3.05, 3.63) is 63.5 Å². The van der Waals surface area contributed by atoms with Crippen molar-refractivity contribution in [1.82, 2.24) is 30.2 Å². The van der Waals surface area contributed by atoms with Crippen LogP contribution in [0.4, 0.5) is 0 Å². The molecule has 4 aromatic heterocycles. The van der Waals surface area contributed by atoms with Crippen LogP contribution in [0.2, 0.25) is 0 Å². The van der Waals surface area contributed by atoms with Crippen molar-refractivity contribution < 1.29 is 9.84 Å². The molecule has 0 radical (unpaired) electrons. The monoisotopic (exact) mass is 478 g/mol. The number of hydrogen-bond acceptors (Lipinski definition) is 10. The maximum Gasteiger partial charge on any atom is 0.252 e. The van der Waals surface area contributed by atoms with Gasteiger partial charge in [0, 0.05) is 37.0 Å². The van der Waals surface area contributed by atoms with Crippen LogP contribution in [0.3, 0.4) is 0 Å². The Kier molecular flexibility index (Phi) is 6.73. The predicted octanol–water partition coefficient (Wildman–Crippen LogP) is 2.29. The Morgan fingerprint density at radius 1 is 1.15 bits per heavy atom. The van der Waals surface area contributed by atoms with E-state index in [4.69, 9.17) is 4.74 Å². The number of aromatic nitrogens is 4. The van der Waals surface area contributed by atoms with Crippen molar-refractivity contribution in [2.45, 2.75) is 31.5 Å². The van der Waals surface area contributed by atoms with Gasteiger partial charge in [-0.3, -0.25) is 9.78 Å². The van der Waals surface area contributed by atoms with Crippen LogP contribution in [0.5, 0.6) is 5.88 Å². The third kappa shape index (κ3) is 5.05. The fourth-order valence-electron chi connectivity index (χ4n) is 4.31. The lowest BCUT2D eigenvalue weighted by atomic mass is 10.0. The SMILES string of the molecule is COc1ccc2nccc([C@@H](O)CN3CCC(NCc4ccc5ncc(=O)sc5n4)CC3)c2n1. The third-order valence-electron chi connectivity index (χ3n) is 6.15. The van der Waals surface area contributed by atoms with Crippen LogP contribution in [-0.4, -0.2) is 62.7 Å². The van der Waals surface area contributed by atoms with E-state index in [0.717, 1.165) is 59.6 Å². The third-order valence-corrected chi connectivity index (χ3v) is 6.95. The Bertz CT molecular complexity index is 1360. The summed E-state index contributed by atoms with van der Waals surface area (Å²) in [4.78, 5) is 32.1. The standard InChI is InChI=1S/C24H26N6O3S/c1-33-21-5-4-18-23(29-21)17(6-9-25-18)20(31)14-30-10-7-15(8-11-30)26-12-16-2-3-19-24(28-16)34-22(32)13-27-19/h2-6,9,13,15,20,26,31H,7-8,10-12,14H2,1H3/t20-/m0/s1. The molecule has 4 aromatic rings. The molecule has 1 atom stereocenters. The van der Waals surface area contributed by atoms with Gasteiger partial charge in [0.05, 0.1) is 41.7 Å². The molecule has 1 fully saturated rings. The molecule has 34 heavy (non-hydrogen) atoms. The summed E-state index contributed by atoms with van der Waals surface area (Å²) in [6.45, 7) is 2.98. The molecule has 5 rings (SSSR count). The minimum absolute atomic E-state index is 0.0886. The van der Waals surface area contributed by atoms with E-state index in [2.05, 4.69) is 30.2 Å². The van der Waals surface area contributed by atoms with E-state index in [9.17, 15) is 9.90 Å². The van der Waals surface area contributed by atoms with E-state index in [1.807, 2.05) is 24.3 Å². The van der Waals surface area contributed by atoms with Gasteiger partial charge in [0.25, 0.3) is 4.74 Å². The number of nitrogens with one attached hydrogen (secondary N) is 1. The summed E-state index contributed by atoms with van der Waals surface area (Å²) in [5, 5.41) is 14.5. The second-order valence-electron chi connectivity index (χ2n) is 8.40. The lowest BCUT2D eigenvalue weighted by Gasteiger charge is -2.33. The van der Waals surface area contributed by atoms with Gasteiger partial charge in [-0.25, -0.2) is 15.0 Å². The van der Waals surface area contributed by atoms with Crippen molar-refractivity contribution >= 4 is 32.7 Å². The summed E-state index contributed by atoms with van der Waals surface area (Å²) in [6.07, 6.45) is 4.36. The van der Waals surface area contributed by atoms with Crippen molar-refractivity contribution in [3.8, 4) is 5.88 Å². The van der Waals surface area contributed by atoms with Gasteiger partial charge in [-0.15, -0.1) is 0 Å². The van der Waals surface area contributed by atoms with E-state index in [1.54, 1.807) is 19.4 Å². The van der Waals surface area contributed by atoms with Gasteiger partial charge in [0.2, 0.25) is 5.88 Å².